The van der Waals surface area contributed by atoms with Gasteiger partial charge in [0, 0.05) is 12.6 Å². The molecule has 0 unspecified atom stereocenters. The van der Waals surface area contributed by atoms with Crippen molar-refractivity contribution in [2.24, 2.45) is 12.8 Å². The van der Waals surface area contributed by atoms with E-state index in [4.69, 9.17) is 22.1 Å². The number of rotatable bonds is 3. The van der Waals surface area contributed by atoms with Crippen molar-refractivity contribution in [2.75, 3.05) is 7.11 Å². The van der Waals surface area contributed by atoms with E-state index < -0.39 is 0 Å². The highest BCUT2D eigenvalue weighted by Gasteiger charge is 2.14. The number of aromatic nitrogens is 2. The van der Waals surface area contributed by atoms with Crippen molar-refractivity contribution >= 4 is 27.5 Å². The molecule has 6 heteroatoms. The van der Waals surface area contributed by atoms with E-state index in [0.29, 0.717) is 17.3 Å². The van der Waals surface area contributed by atoms with Gasteiger partial charge in [0.05, 0.1) is 18.7 Å². The van der Waals surface area contributed by atoms with E-state index in [1.807, 2.05) is 29.8 Å². The molecule has 0 radical (unpaired) electrons. The SMILES string of the molecule is COc1ccc(-c2nc(CN)n(C)c2Br)cc1Cl. The lowest BCUT2D eigenvalue weighted by atomic mass is 10.1. The van der Waals surface area contributed by atoms with Crippen LogP contribution in [0.5, 0.6) is 5.75 Å². The Hall–Kier alpha value is -1.04. The van der Waals surface area contributed by atoms with Crippen LogP contribution < -0.4 is 10.5 Å². The minimum atomic E-state index is 0.388. The van der Waals surface area contributed by atoms with Crippen LogP contribution in [0, 0.1) is 0 Å². The maximum atomic E-state index is 6.11. The van der Waals surface area contributed by atoms with Gasteiger partial charge >= 0.3 is 0 Å². The first-order valence-electron chi connectivity index (χ1n) is 5.33. The first-order valence-corrected chi connectivity index (χ1v) is 6.50. The molecule has 0 aliphatic carbocycles. The largest absolute Gasteiger partial charge is 0.495 e. The smallest absolute Gasteiger partial charge is 0.137 e. The topological polar surface area (TPSA) is 53.1 Å². The zero-order valence-corrected chi connectivity index (χ0v) is 12.4. The number of halogens is 2. The van der Waals surface area contributed by atoms with Gasteiger partial charge < -0.3 is 15.0 Å². The monoisotopic (exact) mass is 329 g/mol. The number of nitrogens with two attached hydrogens (primary N) is 1. The number of methoxy groups -OCH3 is 1. The summed E-state index contributed by atoms with van der Waals surface area (Å²) in [5, 5.41) is 0.557. The molecule has 0 fully saturated rings. The second-order valence-corrected chi connectivity index (χ2v) is 4.94. The maximum Gasteiger partial charge on any atom is 0.137 e. The first kappa shape index (κ1) is 13.4. The third-order valence-electron chi connectivity index (χ3n) is 2.73. The second-order valence-electron chi connectivity index (χ2n) is 3.78. The molecule has 0 saturated heterocycles. The van der Waals surface area contributed by atoms with Crippen molar-refractivity contribution in [3.8, 4) is 17.0 Å². The van der Waals surface area contributed by atoms with Crippen molar-refractivity contribution in [1.82, 2.24) is 9.55 Å². The molecule has 1 aromatic carbocycles. The zero-order chi connectivity index (χ0) is 13.3. The van der Waals surface area contributed by atoms with Crippen LogP contribution in [0.25, 0.3) is 11.3 Å². The van der Waals surface area contributed by atoms with Crippen LogP contribution in [0.2, 0.25) is 5.02 Å². The average Bonchev–Trinajstić information content (AvgIpc) is 2.66. The molecule has 2 N–H and O–H groups in total. The summed E-state index contributed by atoms with van der Waals surface area (Å²) in [6, 6.07) is 5.56. The van der Waals surface area contributed by atoms with Crippen LogP contribution in [0.3, 0.4) is 0 Å². The Balaban J connectivity index is 2.52. The summed E-state index contributed by atoms with van der Waals surface area (Å²) in [7, 11) is 3.50. The van der Waals surface area contributed by atoms with E-state index in [1.165, 1.54) is 0 Å². The molecule has 0 saturated carbocycles. The molecule has 1 aromatic heterocycles. The predicted octanol–water partition coefficient (Wildman–Crippen LogP) is 2.97. The average molecular weight is 331 g/mol. The minimum Gasteiger partial charge on any atom is -0.495 e. The summed E-state index contributed by atoms with van der Waals surface area (Å²) in [4.78, 5) is 4.49. The van der Waals surface area contributed by atoms with Gasteiger partial charge in [-0.2, -0.15) is 0 Å². The van der Waals surface area contributed by atoms with Gasteiger partial charge in [-0.15, -0.1) is 0 Å². The van der Waals surface area contributed by atoms with Gasteiger partial charge in [0.1, 0.15) is 21.9 Å². The molecule has 18 heavy (non-hydrogen) atoms. The summed E-state index contributed by atoms with van der Waals surface area (Å²) >= 11 is 9.62. The number of nitrogens with zero attached hydrogens (tertiary/aromatic N) is 2. The van der Waals surface area contributed by atoms with Gasteiger partial charge in [-0.05, 0) is 34.1 Å². The molecule has 0 atom stereocenters. The normalized spacial score (nSPS) is 10.7. The van der Waals surface area contributed by atoms with Gasteiger partial charge in [-0.1, -0.05) is 11.6 Å². The summed E-state index contributed by atoms with van der Waals surface area (Å²) < 4.78 is 7.92. The van der Waals surface area contributed by atoms with Crippen molar-refractivity contribution in [2.45, 2.75) is 6.54 Å². The van der Waals surface area contributed by atoms with Gasteiger partial charge in [0.15, 0.2) is 0 Å². The second kappa shape index (κ2) is 5.30. The van der Waals surface area contributed by atoms with Crippen molar-refractivity contribution in [3.63, 3.8) is 0 Å². The summed E-state index contributed by atoms with van der Waals surface area (Å²) in [5.41, 5.74) is 7.38. The minimum absolute atomic E-state index is 0.388. The van der Waals surface area contributed by atoms with Crippen molar-refractivity contribution < 1.29 is 4.74 Å². The fourth-order valence-corrected chi connectivity index (χ4v) is 2.48. The van der Waals surface area contributed by atoms with E-state index in [-0.39, 0.29) is 0 Å². The Morgan fingerprint density at radius 1 is 1.50 bits per heavy atom. The van der Waals surface area contributed by atoms with E-state index in [1.54, 1.807) is 7.11 Å². The lowest BCUT2D eigenvalue weighted by molar-refractivity contribution is 0.415. The number of hydrogen-bond donors (Lipinski definition) is 1. The molecule has 0 amide bonds. The van der Waals surface area contributed by atoms with Crippen LogP contribution in [-0.2, 0) is 13.6 Å². The number of imidazole rings is 1. The molecule has 2 rings (SSSR count). The standard InChI is InChI=1S/C12H13BrClN3O/c1-17-10(6-15)16-11(12(17)13)7-3-4-9(18-2)8(14)5-7/h3-5H,6,15H2,1-2H3. The quantitative estimate of drug-likeness (QED) is 0.941. The third-order valence-corrected chi connectivity index (χ3v) is 3.93. The highest BCUT2D eigenvalue weighted by Crippen LogP contribution is 2.33. The summed E-state index contributed by atoms with van der Waals surface area (Å²) in [6.45, 7) is 0.388. The highest BCUT2D eigenvalue weighted by atomic mass is 79.9. The van der Waals surface area contributed by atoms with E-state index in [2.05, 4.69) is 20.9 Å². The summed E-state index contributed by atoms with van der Waals surface area (Å²) in [6.07, 6.45) is 0. The Bertz CT molecular complexity index is 583. The lowest BCUT2D eigenvalue weighted by Crippen LogP contribution is -2.04. The van der Waals surface area contributed by atoms with E-state index in [0.717, 1.165) is 21.7 Å². The van der Waals surface area contributed by atoms with Crippen LogP contribution in [-0.4, -0.2) is 16.7 Å². The zero-order valence-electron chi connectivity index (χ0n) is 10.1. The van der Waals surface area contributed by atoms with Crippen LogP contribution >= 0.6 is 27.5 Å². The Kier molecular flexibility index (Phi) is 3.94. The summed E-state index contributed by atoms with van der Waals surface area (Å²) in [5.74, 6) is 1.45. The number of ether oxygens (including phenoxy) is 1. The van der Waals surface area contributed by atoms with Crippen LogP contribution in [0.15, 0.2) is 22.8 Å². The molecular weight excluding hydrogens is 318 g/mol. The Morgan fingerprint density at radius 3 is 2.72 bits per heavy atom. The first-order chi connectivity index (χ1) is 8.58. The van der Waals surface area contributed by atoms with Crippen LogP contribution in [0.4, 0.5) is 0 Å². The van der Waals surface area contributed by atoms with Gasteiger partial charge in [0.2, 0.25) is 0 Å². The van der Waals surface area contributed by atoms with Crippen molar-refractivity contribution in [1.29, 1.82) is 0 Å². The molecule has 0 aliphatic heterocycles. The highest BCUT2D eigenvalue weighted by molar-refractivity contribution is 9.10. The molecule has 4 nitrogen and oxygen atoms in total. The Labute approximate surface area is 119 Å². The number of hydrogen-bond acceptors (Lipinski definition) is 3. The molecule has 1 heterocycles. The molecule has 2 aromatic rings. The fraction of sp³-hybridized carbons (Fsp3) is 0.250. The lowest BCUT2D eigenvalue weighted by Gasteiger charge is -2.05. The number of benzene rings is 1. The van der Waals surface area contributed by atoms with Crippen molar-refractivity contribution in [3.05, 3.63) is 33.6 Å². The van der Waals surface area contributed by atoms with Gasteiger partial charge in [-0.25, -0.2) is 4.98 Å². The van der Waals surface area contributed by atoms with Crippen LogP contribution in [0.1, 0.15) is 5.82 Å². The molecular formula is C12H13BrClN3O. The molecule has 0 bridgehead atoms. The van der Waals surface area contributed by atoms with E-state index >= 15 is 0 Å². The fourth-order valence-electron chi connectivity index (χ4n) is 1.70. The third kappa shape index (κ3) is 2.25. The molecule has 0 aliphatic rings. The van der Waals surface area contributed by atoms with Gasteiger partial charge in [0.25, 0.3) is 0 Å². The Morgan fingerprint density at radius 2 is 2.22 bits per heavy atom. The molecule has 0 spiro atoms. The van der Waals surface area contributed by atoms with Gasteiger partial charge in [-0.3, -0.25) is 0 Å². The maximum absolute atomic E-state index is 6.11. The molecule has 96 valence electrons. The van der Waals surface area contributed by atoms with E-state index in [9.17, 15) is 0 Å². The predicted molar refractivity (Wildman–Crippen MR) is 75.8 cm³/mol.